The van der Waals surface area contributed by atoms with Crippen molar-refractivity contribution in [1.82, 2.24) is 15.0 Å². The summed E-state index contributed by atoms with van der Waals surface area (Å²) in [5.74, 6) is 0.276. The van der Waals surface area contributed by atoms with Gasteiger partial charge >= 0.3 is 12.2 Å². The van der Waals surface area contributed by atoms with Crippen LogP contribution in [0.5, 0.6) is 5.75 Å². The third kappa shape index (κ3) is 5.71. The van der Waals surface area contributed by atoms with Crippen LogP contribution in [0.25, 0.3) is 11.4 Å². The van der Waals surface area contributed by atoms with Crippen molar-refractivity contribution < 1.29 is 32.2 Å². The number of aryl methyl sites for hydroxylation is 1. The lowest BCUT2D eigenvalue weighted by Crippen LogP contribution is -2.56. The molecule has 13 heteroatoms. The summed E-state index contributed by atoms with van der Waals surface area (Å²) in [5.41, 5.74) is 1.14. The van der Waals surface area contributed by atoms with Crippen LogP contribution < -0.4 is 19.9 Å². The number of nitrogens with one attached hydrogen (secondary N) is 1. The smallest absolute Gasteiger partial charge is 0.416 e. The zero-order valence-electron chi connectivity index (χ0n) is 23.4. The van der Waals surface area contributed by atoms with E-state index in [2.05, 4.69) is 25.2 Å². The fourth-order valence-corrected chi connectivity index (χ4v) is 5.64. The molecule has 5 heterocycles. The number of anilines is 3. The summed E-state index contributed by atoms with van der Waals surface area (Å²) in [5, 5.41) is 2.91. The Morgan fingerprint density at radius 1 is 1.21 bits per heavy atom. The summed E-state index contributed by atoms with van der Waals surface area (Å²) in [6.45, 7) is 7.51. The SMILES string of the molecule is Cc1nc(-c2cccc(C(F)(F)F)c2)nc2c1N1CCCC(C1)N2C(=O)Nc1cncc(OC[C@@H]2COC(C)(C)O2)c1. The van der Waals surface area contributed by atoms with Crippen LogP contribution in [-0.4, -0.2) is 65.2 Å². The average molecular weight is 585 g/mol. The molecule has 0 aliphatic carbocycles. The average Bonchev–Trinajstić information content (AvgIpc) is 3.30. The minimum absolute atomic E-state index is 0.120. The molecule has 6 rings (SSSR count). The van der Waals surface area contributed by atoms with Gasteiger partial charge in [0.25, 0.3) is 0 Å². The quantitative estimate of drug-likeness (QED) is 0.425. The van der Waals surface area contributed by atoms with Gasteiger partial charge in [0.1, 0.15) is 24.1 Å². The van der Waals surface area contributed by atoms with Crippen molar-refractivity contribution in [2.24, 2.45) is 0 Å². The van der Waals surface area contributed by atoms with Crippen molar-refractivity contribution in [3.63, 3.8) is 0 Å². The van der Waals surface area contributed by atoms with E-state index in [1.54, 1.807) is 24.1 Å². The lowest BCUT2D eigenvalue weighted by atomic mass is 9.99. The molecule has 2 fully saturated rings. The molecule has 0 saturated carbocycles. The molecule has 2 atom stereocenters. The van der Waals surface area contributed by atoms with Gasteiger partial charge in [-0.05, 0) is 45.7 Å². The molecular formula is C29H31F3N6O4. The van der Waals surface area contributed by atoms with Crippen molar-refractivity contribution in [3.05, 3.63) is 54.0 Å². The van der Waals surface area contributed by atoms with Gasteiger partial charge in [-0.2, -0.15) is 13.2 Å². The molecule has 1 aromatic carbocycles. The maximum Gasteiger partial charge on any atom is 0.416 e. The number of pyridine rings is 1. The number of hydrogen-bond acceptors (Lipinski definition) is 8. The van der Waals surface area contributed by atoms with Crippen LogP contribution in [0.2, 0.25) is 0 Å². The van der Waals surface area contributed by atoms with Crippen LogP contribution in [0.3, 0.4) is 0 Å². The Hall–Kier alpha value is -3.97. The number of nitrogens with zero attached hydrogens (tertiary/aromatic N) is 5. The summed E-state index contributed by atoms with van der Waals surface area (Å²) in [4.78, 5) is 31.0. The Kier molecular flexibility index (Phi) is 7.17. The molecule has 3 aliphatic heterocycles. The van der Waals surface area contributed by atoms with Gasteiger partial charge in [0.15, 0.2) is 17.4 Å². The van der Waals surface area contributed by atoms with E-state index >= 15 is 0 Å². The third-order valence-corrected chi connectivity index (χ3v) is 7.48. The predicted octanol–water partition coefficient (Wildman–Crippen LogP) is 5.42. The Bertz CT molecular complexity index is 1500. The van der Waals surface area contributed by atoms with Crippen molar-refractivity contribution in [2.45, 2.75) is 57.7 Å². The number of halogens is 3. The highest BCUT2D eigenvalue weighted by atomic mass is 19.4. The summed E-state index contributed by atoms with van der Waals surface area (Å²) in [7, 11) is 0. The molecule has 0 spiro atoms. The van der Waals surface area contributed by atoms with E-state index in [4.69, 9.17) is 14.2 Å². The highest BCUT2D eigenvalue weighted by Crippen LogP contribution is 2.41. The number of benzene rings is 1. The van der Waals surface area contributed by atoms with E-state index < -0.39 is 23.6 Å². The normalized spacial score (nSPS) is 21.2. The first-order valence-corrected chi connectivity index (χ1v) is 13.8. The van der Waals surface area contributed by atoms with Crippen molar-refractivity contribution in [2.75, 3.05) is 41.4 Å². The van der Waals surface area contributed by atoms with Gasteiger partial charge in [-0.1, -0.05) is 12.1 Å². The molecule has 1 N–H and O–H groups in total. The number of rotatable bonds is 5. The maximum absolute atomic E-state index is 13.8. The van der Waals surface area contributed by atoms with E-state index in [9.17, 15) is 18.0 Å². The van der Waals surface area contributed by atoms with E-state index in [0.717, 1.165) is 31.5 Å². The lowest BCUT2D eigenvalue weighted by Gasteiger charge is -2.46. The summed E-state index contributed by atoms with van der Waals surface area (Å²) >= 11 is 0. The van der Waals surface area contributed by atoms with Gasteiger partial charge in [-0.3, -0.25) is 9.88 Å². The molecule has 0 radical (unpaired) electrons. The highest BCUT2D eigenvalue weighted by Gasteiger charge is 2.40. The molecule has 10 nitrogen and oxygen atoms in total. The second-order valence-electron chi connectivity index (χ2n) is 11.1. The van der Waals surface area contributed by atoms with Gasteiger partial charge < -0.3 is 24.4 Å². The van der Waals surface area contributed by atoms with Gasteiger partial charge in [0.2, 0.25) is 0 Å². The molecular weight excluding hydrogens is 553 g/mol. The minimum Gasteiger partial charge on any atom is -0.489 e. The number of carbonyl (C=O) groups excluding carboxylic acids is 1. The zero-order chi connectivity index (χ0) is 29.6. The maximum atomic E-state index is 13.8. The van der Waals surface area contributed by atoms with Gasteiger partial charge in [0, 0.05) is 24.7 Å². The van der Waals surface area contributed by atoms with Crippen molar-refractivity contribution in [3.8, 4) is 17.1 Å². The summed E-state index contributed by atoms with van der Waals surface area (Å²) < 4.78 is 57.4. The number of alkyl halides is 3. The second kappa shape index (κ2) is 10.7. The number of urea groups is 1. The van der Waals surface area contributed by atoms with Gasteiger partial charge in [0.05, 0.1) is 42.0 Å². The summed E-state index contributed by atoms with van der Waals surface area (Å²) in [6.07, 6.45) is -0.0471. The highest BCUT2D eigenvalue weighted by molar-refractivity contribution is 6.04. The number of fused-ring (bicyclic) bond motifs is 4. The van der Waals surface area contributed by atoms with Gasteiger partial charge in [-0.15, -0.1) is 0 Å². The Labute approximate surface area is 240 Å². The van der Waals surface area contributed by atoms with Crippen LogP contribution >= 0.6 is 0 Å². The van der Waals surface area contributed by atoms with Crippen molar-refractivity contribution >= 4 is 23.2 Å². The fourth-order valence-electron chi connectivity index (χ4n) is 5.64. The molecule has 3 aliphatic rings. The standard InChI is InChI=1S/C29H31F3N6O4/c1-17-24-26(36-25(34-17)18-6-4-7-19(10-18)29(30,31)32)38(21-8-5-9-37(24)14-21)27(39)35-20-11-22(13-33-12-20)40-15-23-16-41-28(2,3)42-23/h4,6-7,10-13,21,23H,5,8-9,14-16H2,1-3H3,(H,35,39)/t21?,23-/m1/s1. The van der Waals surface area contributed by atoms with Crippen LogP contribution in [0.4, 0.5) is 35.2 Å². The first-order chi connectivity index (χ1) is 20.0. The Morgan fingerprint density at radius 3 is 2.81 bits per heavy atom. The van der Waals surface area contributed by atoms with Crippen LogP contribution in [0.15, 0.2) is 42.7 Å². The lowest BCUT2D eigenvalue weighted by molar-refractivity contribution is -0.141. The summed E-state index contributed by atoms with van der Waals surface area (Å²) in [6, 6.07) is 5.96. The molecule has 222 valence electrons. The topological polar surface area (TPSA) is 102 Å². The monoisotopic (exact) mass is 584 g/mol. The number of amides is 2. The Balaban J connectivity index is 1.27. The molecule has 3 aromatic rings. The van der Waals surface area contributed by atoms with Gasteiger partial charge in [-0.25, -0.2) is 14.8 Å². The van der Waals surface area contributed by atoms with Crippen LogP contribution in [0.1, 0.15) is 37.9 Å². The number of aromatic nitrogens is 3. The number of ether oxygens (including phenoxy) is 3. The largest absolute Gasteiger partial charge is 0.489 e. The number of carbonyl (C=O) groups is 1. The molecule has 2 aromatic heterocycles. The number of piperidine rings is 1. The number of hydrogen-bond donors (Lipinski definition) is 1. The molecule has 2 saturated heterocycles. The van der Waals surface area contributed by atoms with Crippen LogP contribution in [0, 0.1) is 6.92 Å². The predicted molar refractivity (Wildman–Crippen MR) is 149 cm³/mol. The molecule has 1 unspecified atom stereocenters. The first-order valence-electron chi connectivity index (χ1n) is 13.8. The van der Waals surface area contributed by atoms with E-state index in [1.807, 2.05) is 13.8 Å². The second-order valence-corrected chi connectivity index (χ2v) is 11.1. The minimum atomic E-state index is -4.51. The molecule has 2 bridgehead atoms. The van der Waals surface area contributed by atoms with E-state index in [-0.39, 0.29) is 30.1 Å². The van der Waals surface area contributed by atoms with E-state index in [0.29, 0.717) is 41.8 Å². The fraction of sp³-hybridized carbons (Fsp3) is 0.448. The molecule has 42 heavy (non-hydrogen) atoms. The molecule has 2 amide bonds. The van der Waals surface area contributed by atoms with Crippen molar-refractivity contribution in [1.29, 1.82) is 0 Å². The third-order valence-electron chi connectivity index (χ3n) is 7.48. The van der Waals surface area contributed by atoms with Crippen LogP contribution in [-0.2, 0) is 15.7 Å². The zero-order valence-corrected chi connectivity index (χ0v) is 23.4. The van der Waals surface area contributed by atoms with E-state index in [1.165, 1.54) is 18.3 Å². The Morgan fingerprint density at radius 2 is 2.05 bits per heavy atom. The first kappa shape index (κ1) is 28.2.